The minimum atomic E-state index is -1.59. The highest BCUT2D eigenvalue weighted by molar-refractivity contribution is 6.05. The van der Waals surface area contributed by atoms with Gasteiger partial charge in [-0.25, -0.2) is 4.98 Å². The first-order valence-electron chi connectivity index (χ1n) is 21.0. The molecule has 0 bridgehead atoms. The molecule has 0 aromatic carbocycles. The number of aromatic amines is 1. The quantitative estimate of drug-likeness (QED) is 0.0352. The molecule has 7 N–H and O–H groups in total. The molecule has 1 aromatic heterocycles. The Labute approximate surface area is 357 Å². The predicted octanol–water partition coefficient (Wildman–Crippen LogP) is 0.590. The first-order chi connectivity index (χ1) is 29.2. The molecule has 0 saturated carbocycles. The van der Waals surface area contributed by atoms with Crippen LogP contribution in [0.3, 0.4) is 0 Å². The highest BCUT2D eigenvalue weighted by Gasteiger charge is 2.38. The monoisotopic (exact) mass is 868 g/mol. The predicted molar refractivity (Wildman–Crippen MR) is 220 cm³/mol. The molecule has 0 saturated heterocycles. The summed E-state index contributed by atoms with van der Waals surface area (Å²) in [5, 5.41) is 29.4. The van der Waals surface area contributed by atoms with Crippen LogP contribution in [0.5, 0.6) is 0 Å². The molecular formula is C41H68N6O14. The van der Waals surface area contributed by atoms with Crippen LogP contribution in [0.2, 0.25) is 0 Å². The number of carboxylic acid groups (broad SMARTS) is 1. The van der Waals surface area contributed by atoms with Gasteiger partial charge in [-0.3, -0.25) is 38.4 Å². The minimum absolute atomic E-state index is 0.0551. The van der Waals surface area contributed by atoms with Crippen LogP contribution in [0.1, 0.15) is 97.1 Å². The number of aliphatic hydroxyl groups is 1. The van der Waals surface area contributed by atoms with Gasteiger partial charge in [0.1, 0.15) is 31.0 Å². The zero-order valence-corrected chi connectivity index (χ0v) is 36.0. The van der Waals surface area contributed by atoms with E-state index in [2.05, 4.69) is 31.2 Å². The normalized spacial score (nSPS) is 12.3. The Hall–Kier alpha value is -4.63. The van der Waals surface area contributed by atoms with E-state index >= 15 is 0 Å². The summed E-state index contributed by atoms with van der Waals surface area (Å²) in [6.45, 7) is 6.18. The summed E-state index contributed by atoms with van der Waals surface area (Å²) in [5.41, 5.74) is -0.798. The SMILES string of the molecule is CCCC(=O)CCCOCCOCC(=O)NCCOCCOCC(=O)NCCCC[C@H](CCC(=O)[C@H](CCC(=O)O)NC(=O)C(C)(C)C(=O)NCCc1cnc[nH]1)C(=O)CO. The number of Topliss-reactive ketones (excluding diaryl/α,β-unsaturated/α-hetero) is 3. The van der Waals surface area contributed by atoms with E-state index in [0.717, 1.165) is 12.1 Å². The molecule has 0 aliphatic rings. The molecular weight excluding hydrogens is 800 g/mol. The lowest BCUT2D eigenvalue weighted by atomic mass is 9.88. The number of unbranched alkanes of at least 4 members (excludes halogenated alkanes) is 1. The Morgan fingerprint density at radius 2 is 1.36 bits per heavy atom. The number of amides is 4. The zero-order valence-electron chi connectivity index (χ0n) is 36.0. The summed E-state index contributed by atoms with van der Waals surface area (Å²) in [5.74, 6) is -4.59. The smallest absolute Gasteiger partial charge is 0.303 e. The Balaban J connectivity index is 2.28. The zero-order chi connectivity index (χ0) is 45.3. The van der Waals surface area contributed by atoms with Crippen molar-refractivity contribution in [2.24, 2.45) is 11.3 Å². The lowest BCUT2D eigenvalue weighted by molar-refractivity contribution is -0.144. The number of hydrogen-bond donors (Lipinski definition) is 7. The van der Waals surface area contributed by atoms with Crippen molar-refractivity contribution in [2.75, 3.05) is 79.1 Å². The van der Waals surface area contributed by atoms with Gasteiger partial charge in [-0.15, -0.1) is 0 Å². The molecule has 20 nitrogen and oxygen atoms in total. The summed E-state index contributed by atoms with van der Waals surface area (Å²) in [4.78, 5) is 105. The van der Waals surface area contributed by atoms with Crippen LogP contribution in [-0.4, -0.2) is 152 Å². The number of carboxylic acids is 1. The second-order valence-electron chi connectivity index (χ2n) is 14.9. The van der Waals surface area contributed by atoms with Crippen LogP contribution >= 0.6 is 0 Å². The Bertz CT molecular complexity index is 1470. The van der Waals surface area contributed by atoms with Crippen LogP contribution < -0.4 is 21.3 Å². The number of aromatic nitrogens is 2. The van der Waals surface area contributed by atoms with E-state index in [1.165, 1.54) is 20.2 Å². The number of rotatable bonds is 39. The molecule has 1 rings (SSSR count). The van der Waals surface area contributed by atoms with Gasteiger partial charge >= 0.3 is 5.97 Å². The fourth-order valence-electron chi connectivity index (χ4n) is 5.72. The lowest BCUT2D eigenvalue weighted by Gasteiger charge is -2.26. The molecule has 2 atom stereocenters. The minimum Gasteiger partial charge on any atom is -0.481 e. The number of nitrogens with zero attached hydrogens (tertiary/aromatic N) is 1. The second-order valence-corrected chi connectivity index (χ2v) is 14.9. The third kappa shape index (κ3) is 26.3. The van der Waals surface area contributed by atoms with Gasteiger partial charge in [0.15, 0.2) is 11.6 Å². The molecule has 61 heavy (non-hydrogen) atoms. The molecule has 0 spiro atoms. The molecule has 0 aliphatic carbocycles. The number of hydrogen-bond acceptors (Lipinski definition) is 14. The number of ether oxygens (including phenoxy) is 4. The summed E-state index contributed by atoms with van der Waals surface area (Å²) >= 11 is 0. The van der Waals surface area contributed by atoms with Gasteiger partial charge < -0.3 is 55.4 Å². The molecule has 1 aromatic rings. The molecule has 4 amide bonds. The summed E-state index contributed by atoms with van der Waals surface area (Å²) in [7, 11) is 0. The molecule has 0 aliphatic heterocycles. The van der Waals surface area contributed by atoms with E-state index in [-0.39, 0.29) is 89.6 Å². The Kier molecular flexibility index (Phi) is 29.5. The number of aliphatic carboxylic acids is 1. The van der Waals surface area contributed by atoms with Crippen molar-refractivity contribution in [3.05, 3.63) is 18.2 Å². The van der Waals surface area contributed by atoms with E-state index < -0.39 is 59.8 Å². The number of aliphatic hydroxyl groups excluding tert-OH is 1. The molecule has 20 heteroatoms. The van der Waals surface area contributed by atoms with Gasteiger partial charge in [-0.2, -0.15) is 0 Å². The van der Waals surface area contributed by atoms with Gasteiger partial charge in [0.2, 0.25) is 23.6 Å². The molecule has 346 valence electrons. The summed E-state index contributed by atoms with van der Waals surface area (Å²) in [6.07, 6.45) is 6.73. The van der Waals surface area contributed by atoms with E-state index in [4.69, 9.17) is 18.9 Å². The van der Waals surface area contributed by atoms with E-state index in [9.17, 15) is 48.6 Å². The van der Waals surface area contributed by atoms with Crippen LogP contribution in [0.4, 0.5) is 0 Å². The van der Waals surface area contributed by atoms with Crippen molar-refractivity contribution < 1.29 is 67.5 Å². The largest absolute Gasteiger partial charge is 0.481 e. The number of carbonyl (C=O) groups is 8. The van der Waals surface area contributed by atoms with Crippen molar-refractivity contribution in [3.63, 3.8) is 0 Å². The van der Waals surface area contributed by atoms with Gasteiger partial charge in [0.05, 0.1) is 45.4 Å². The maximum Gasteiger partial charge on any atom is 0.303 e. The molecule has 0 fully saturated rings. The summed E-state index contributed by atoms with van der Waals surface area (Å²) < 4.78 is 21.4. The standard InChI is InChI=1S/C41H68N6O14/c1-4-8-32(49)10-7-19-58-21-23-60-28-37(53)44-18-20-59-22-24-61-27-36(52)43-16-6-5-9-30(35(51)26-48)11-13-34(50)33(12-14-38(54)55)47-40(57)41(2,3)39(56)45-17-15-31-25-42-29-46-31/h25,29-30,33,48H,4-24,26-28H2,1-3H3,(H,42,46)(H,43,52)(H,44,53)(H,45,56)(H,47,57)(H,54,55)/t30-,33+/m1/s1. The topological polar surface area (TPSA) is 291 Å². The first-order valence-corrected chi connectivity index (χ1v) is 21.0. The average molecular weight is 869 g/mol. The maximum absolute atomic E-state index is 13.3. The van der Waals surface area contributed by atoms with E-state index in [1.54, 1.807) is 6.20 Å². The van der Waals surface area contributed by atoms with Gasteiger partial charge in [-0.05, 0) is 52.4 Å². The van der Waals surface area contributed by atoms with Gasteiger partial charge in [0, 0.05) is 76.2 Å². The molecule has 0 unspecified atom stereocenters. The Morgan fingerprint density at radius 1 is 0.705 bits per heavy atom. The molecule has 0 radical (unpaired) electrons. The maximum atomic E-state index is 13.3. The van der Waals surface area contributed by atoms with E-state index in [1.807, 2.05) is 6.92 Å². The Morgan fingerprint density at radius 3 is 1.98 bits per heavy atom. The lowest BCUT2D eigenvalue weighted by Crippen LogP contribution is -2.52. The number of ketones is 3. The number of carbonyl (C=O) groups excluding carboxylic acids is 7. The third-order valence-electron chi connectivity index (χ3n) is 9.41. The van der Waals surface area contributed by atoms with Crippen molar-refractivity contribution in [2.45, 2.75) is 104 Å². The van der Waals surface area contributed by atoms with Crippen molar-refractivity contribution in [1.29, 1.82) is 0 Å². The van der Waals surface area contributed by atoms with Crippen LogP contribution in [0.15, 0.2) is 12.5 Å². The summed E-state index contributed by atoms with van der Waals surface area (Å²) in [6, 6.07) is -1.21. The fraction of sp³-hybridized carbons (Fsp3) is 0.732. The second kappa shape index (κ2) is 33.1. The van der Waals surface area contributed by atoms with Crippen LogP contribution in [0.25, 0.3) is 0 Å². The highest BCUT2D eigenvalue weighted by Crippen LogP contribution is 2.20. The number of nitrogens with one attached hydrogen (secondary N) is 5. The highest BCUT2D eigenvalue weighted by atomic mass is 16.5. The third-order valence-corrected chi connectivity index (χ3v) is 9.41. The fourth-order valence-corrected chi connectivity index (χ4v) is 5.72. The number of H-pyrrole nitrogens is 1. The van der Waals surface area contributed by atoms with Crippen LogP contribution in [0, 0.1) is 11.3 Å². The van der Waals surface area contributed by atoms with Crippen molar-refractivity contribution >= 4 is 46.9 Å². The van der Waals surface area contributed by atoms with Gasteiger partial charge in [-0.1, -0.05) is 13.3 Å². The van der Waals surface area contributed by atoms with E-state index in [0.29, 0.717) is 64.7 Å². The van der Waals surface area contributed by atoms with Crippen LogP contribution in [-0.2, 0) is 63.7 Å². The van der Waals surface area contributed by atoms with Crippen molar-refractivity contribution in [3.8, 4) is 0 Å². The molecule has 1 heterocycles. The number of imidazole rings is 1. The van der Waals surface area contributed by atoms with Crippen molar-refractivity contribution in [1.82, 2.24) is 31.2 Å². The van der Waals surface area contributed by atoms with Gasteiger partial charge in [0.25, 0.3) is 0 Å². The first kappa shape index (κ1) is 54.4. The average Bonchev–Trinajstić information content (AvgIpc) is 3.75.